The number of fused-ring (bicyclic) bond motifs is 4. The number of hydrogen-bond donors (Lipinski definition) is 2. The molecular weight excluding hydrogens is 422 g/mol. The minimum Gasteiger partial charge on any atom is -0.493 e. The Balaban J connectivity index is 1.63. The van der Waals surface area contributed by atoms with Crippen molar-refractivity contribution in [2.75, 3.05) is 19.0 Å². The van der Waals surface area contributed by atoms with Crippen LogP contribution in [0.25, 0.3) is 11.4 Å². The van der Waals surface area contributed by atoms with Crippen molar-refractivity contribution in [3.63, 3.8) is 0 Å². The molecule has 8 heteroatoms. The molecular formula is C20H20BrN5O2. The molecule has 2 aromatic carbocycles. The van der Waals surface area contributed by atoms with E-state index in [9.17, 15) is 0 Å². The summed E-state index contributed by atoms with van der Waals surface area (Å²) in [6.07, 6.45) is 0. The highest BCUT2D eigenvalue weighted by Gasteiger charge is 2.47. The number of anilines is 1. The highest BCUT2D eigenvalue weighted by Crippen LogP contribution is 2.54. The van der Waals surface area contributed by atoms with Crippen LogP contribution in [0.15, 0.2) is 34.8 Å². The third kappa shape index (κ3) is 2.51. The van der Waals surface area contributed by atoms with Gasteiger partial charge in [-0.1, -0.05) is 29.8 Å². The highest BCUT2D eigenvalue weighted by molar-refractivity contribution is 9.10. The van der Waals surface area contributed by atoms with Gasteiger partial charge in [0.2, 0.25) is 0 Å². The molecule has 2 aliphatic rings. The Morgan fingerprint density at radius 3 is 2.86 bits per heavy atom. The predicted octanol–water partition coefficient (Wildman–Crippen LogP) is 4.09. The zero-order valence-corrected chi connectivity index (χ0v) is 17.4. The number of nitrogens with zero attached hydrogens (tertiary/aromatic N) is 3. The largest absolute Gasteiger partial charge is 0.493 e. The van der Waals surface area contributed by atoms with E-state index in [0.29, 0.717) is 12.4 Å². The molecule has 0 bridgehead atoms. The Morgan fingerprint density at radius 2 is 2.11 bits per heavy atom. The maximum atomic E-state index is 6.20. The summed E-state index contributed by atoms with van der Waals surface area (Å²) in [5.41, 5.74) is 4.33. The lowest BCUT2D eigenvalue weighted by Crippen LogP contribution is -2.46. The van der Waals surface area contributed by atoms with E-state index in [4.69, 9.17) is 9.47 Å². The molecule has 0 amide bonds. The second kappa shape index (κ2) is 6.20. The summed E-state index contributed by atoms with van der Waals surface area (Å²) in [5, 5.41) is 18.0. The number of rotatable bonds is 2. The van der Waals surface area contributed by atoms with Gasteiger partial charge in [0.05, 0.1) is 19.8 Å². The molecule has 0 fully saturated rings. The van der Waals surface area contributed by atoms with Crippen LogP contribution in [0, 0.1) is 5.92 Å². The van der Waals surface area contributed by atoms with Crippen LogP contribution in [0.5, 0.6) is 11.5 Å². The molecule has 0 spiro atoms. The van der Waals surface area contributed by atoms with E-state index in [1.165, 1.54) is 5.56 Å². The van der Waals surface area contributed by atoms with Gasteiger partial charge < -0.3 is 14.8 Å². The molecule has 144 valence electrons. The molecule has 0 saturated carbocycles. The Labute approximate surface area is 171 Å². The van der Waals surface area contributed by atoms with Gasteiger partial charge in [0.25, 0.3) is 0 Å². The summed E-state index contributed by atoms with van der Waals surface area (Å²) in [6.45, 7) is 5.16. The monoisotopic (exact) mass is 441 g/mol. The second-order valence-corrected chi connectivity index (χ2v) is 8.71. The topological polar surface area (TPSA) is 84.9 Å². The first-order valence-electron chi connectivity index (χ1n) is 9.14. The van der Waals surface area contributed by atoms with Crippen molar-refractivity contribution >= 4 is 21.6 Å². The Bertz CT molecular complexity index is 1050. The van der Waals surface area contributed by atoms with Gasteiger partial charge in [0.15, 0.2) is 17.3 Å². The van der Waals surface area contributed by atoms with Crippen LogP contribution < -0.4 is 14.8 Å². The van der Waals surface area contributed by atoms with Crippen LogP contribution in [0.1, 0.15) is 31.0 Å². The minimum atomic E-state index is -0.109. The van der Waals surface area contributed by atoms with Gasteiger partial charge in [0.1, 0.15) is 0 Å². The first-order valence-corrected chi connectivity index (χ1v) is 9.93. The maximum absolute atomic E-state index is 6.20. The Morgan fingerprint density at radius 1 is 1.25 bits per heavy atom. The van der Waals surface area contributed by atoms with E-state index in [0.717, 1.165) is 32.8 Å². The number of hydrogen-bond acceptors (Lipinski definition) is 6. The number of tetrazole rings is 1. The summed E-state index contributed by atoms with van der Waals surface area (Å²) >= 11 is 3.60. The number of methoxy groups -OCH3 is 1. The number of aromatic nitrogens is 4. The van der Waals surface area contributed by atoms with Gasteiger partial charge in [0, 0.05) is 32.6 Å². The molecule has 2 aliphatic heterocycles. The fraction of sp³-hybridized carbons (Fsp3) is 0.350. The zero-order valence-electron chi connectivity index (χ0n) is 15.8. The van der Waals surface area contributed by atoms with E-state index in [1.807, 2.05) is 12.1 Å². The number of ether oxygens (including phenoxy) is 2. The van der Waals surface area contributed by atoms with Crippen LogP contribution in [-0.2, 0) is 5.41 Å². The van der Waals surface area contributed by atoms with E-state index < -0.39 is 0 Å². The summed E-state index contributed by atoms with van der Waals surface area (Å²) < 4.78 is 12.7. The normalized spacial score (nSPS) is 21.6. The van der Waals surface area contributed by atoms with E-state index in [1.54, 1.807) is 7.11 Å². The lowest BCUT2D eigenvalue weighted by molar-refractivity contribution is 0.131. The summed E-state index contributed by atoms with van der Waals surface area (Å²) in [7, 11) is 1.67. The van der Waals surface area contributed by atoms with E-state index in [-0.39, 0.29) is 17.4 Å². The fourth-order valence-corrected chi connectivity index (χ4v) is 4.87. The van der Waals surface area contributed by atoms with Gasteiger partial charge >= 0.3 is 0 Å². The average Bonchev–Trinajstić information content (AvgIpc) is 3.22. The van der Waals surface area contributed by atoms with Crippen LogP contribution in [0.4, 0.5) is 5.69 Å². The predicted molar refractivity (Wildman–Crippen MR) is 109 cm³/mol. The van der Waals surface area contributed by atoms with Crippen molar-refractivity contribution in [2.24, 2.45) is 5.92 Å². The zero-order chi connectivity index (χ0) is 19.5. The fourth-order valence-electron chi connectivity index (χ4n) is 4.41. The van der Waals surface area contributed by atoms with Crippen molar-refractivity contribution in [1.29, 1.82) is 0 Å². The second-order valence-electron chi connectivity index (χ2n) is 7.80. The van der Waals surface area contributed by atoms with Crippen molar-refractivity contribution < 1.29 is 9.47 Å². The third-order valence-electron chi connectivity index (χ3n) is 5.98. The molecule has 5 rings (SSSR count). The summed E-state index contributed by atoms with van der Waals surface area (Å²) in [4.78, 5) is 0. The quantitative estimate of drug-likeness (QED) is 0.622. The van der Waals surface area contributed by atoms with Gasteiger partial charge in [-0.2, -0.15) is 0 Å². The lowest BCUT2D eigenvalue weighted by Gasteiger charge is -2.48. The van der Waals surface area contributed by atoms with E-state index in [2.05, 4.69) is 73.9 Å². The van der Waals surface area contributed by atoms with Gasteiger partial charge in [-0.15, -0.1) is 5.10 Å². The van der Waals surface area contributed by atoms with Crippen molar-refractivity contribution in [3.8, 4) is 22.9 Å². The van der Waals surface area contributed by atoms with Crippen molar-refractivity contribution in [1.82, 2.24) is 20.6 Å². The third-order valence-corrected chi connectivity index (χ3v) is 6.44. The van der Waals surface area contributed by atoms with E-state index >= 15 is 0 Å². The molecule has 28 heavy (non-hydrogen) atoms. The smallest absolute Gasteiger partial charge is 0.179 e. The Hall–Kier alpha value is -2.61. The summed E-state index contributed by atoms with van der Waals surface area (Å²) in [6, 6.07) is 10.5. The van der Waals surface area contributed by atoms with Crippen LogP contribution >= 0.6 is 15.9 Å². The molecule has 0 unspecified atom stereocenters. The van der Waals surface area contributed by atoms with Gasteiger partial charge in [-0.25, -0.2) is 5.10 Å². The highest BCUT2D eigenvalue weighted by atomic mass is 79.9. The van der Waals surface area contributed by atoms with Crippen LogP contribution in [0.3, 0.4) is 0 Å². The molecule has 0 aliphatic carbocycles. The van der Waals surface area contributed by atoms with Crippen molar-refractivity contribution in [2.45, 2.75) is 25.3 Å². The molecule has 3 aromatic rings. The Kier molecular flexibility index (Phi) is 3.87. The SMILES string of the molecule is COc1cc(Br)cc2c1OC[C@H]1[C@@H]2Nc2ccc(-c3nnn[nH]3)cc2C1(C)C. The number of H-pyrrole nitrogens is 1. The molecule has 2 atom stereocenters. The van der Waals surface area contributed by atoms with Gasteiger partial charge in [-0.05, 0) is 46.3 Å². The van der Waals surface area contributed by atoms with Gasteiger partial charge in [-0.3, -0.25) is 0 Å². The summed E-state index contributed by atoms with van der Waals surface area (Å²) in [5.74, 6) is 2.50. The molecule has 7 nitrogen and oxygen atoms in total. The first kappa shape index (κ1) is 17.5. The average molecular weight is 442 g/mol. The number of benzene rings is 2. The van der Waals surface area contributed by atoms with Crippen molar-refractivity contribution in [3.05, 3.63) is 45.9 Å². The first-order chi connectivity index (χ1) is 13.5. The lowest BCUT2D eigenvalue weighted by atomic mass is 9.65. The molecule has 0 saturated heterocycles. The number of halogens is 1. The van der Waals surface area contributed by atoms with Crippen LogP contribution in [0.2, 0.25) is 0 Å². The maximum Gasteiger partial charge on any atom is 0.179 e. The number of nitrogens with one attached hydrogen (secondary N) is 2. The standard InChI is InChI=1S/C20H20BrN5O2/c1-20(2)13-6-10(19-23-25-26-24-19)4-5-15(13)22-17-12-7-11(21)8-16(27-3)18(12)28-9-14(17)20/h4-8,14,17,22H,9H2,1-3H3,(H,23,24,25,26)/t14-,17+/m0/s1. The van der Waals surface area contributed by atoms with Crippen LogP contribution in [-0.4, -0.2) is 34.3 Å². The molecule has 3 heterocycles. The minimum absolute atomic E-state index is 0.109. The molecule has 1 aromatic heterocycles. The molecule has 0 radical (unpaired) electrons. The molecule has 2 N–H and O–H groups in total. The number of aromatic amines is 1.